The molecule has 5 heteroatoms. The van der Waals surface area contributed by atoms with Gasteiger partial charge in [-0.05, 0) is 84.3 Å². The molecule has 21 heavy (non-hydrogen) atoms. The van der Waals surface area contributed by atoms with Gasteiger partial charge in [0.05, 0.1) is 0 Å². The molecule has 0 spiro atoms. The topological polar surface area (TPSA) is 44.4 Å². The molecule has 0 aromatic heterocycles. The molecule has 1 aromatic rings. The molecular formula is C16H25N3OS. The predicted octanol–water partition coefficient (Wildman–Crippen LogP) is 2.91. The highest BCUT2D eigenvalue weighted by Crippen LogP contribution is 2.12. The van der Waals surface area contributed by atoms with Gasteiger partial charge in [-0.1, -0.05) is 0 Å². The molecule has 116 valence electrons. The summed E-state index contributed by atoms with van der Waals surface area (Å²) in [6.07, 6.45) is 0.991. The van der Waals surface area contributed by atoms with Crippen LogP contribution in [0.5, 0.6) is 0 Å². The van der Waals surface area contributed by atoms with Crippen LogP contribution in [0.4, 0.5) is 5.69 Å². The van der Waals surface area contributed by atoms with Gasteiger partial charge in [0.2, 0.25) is 0 Å². The summed E-state index contributed by atoms with van der Waals surface area (Å²) in [5, 5.41) is 7.06. The summed E-state index contributed by atoms with van der Waals surface area (Å²) in [6, 6.07) is 7.31. The highest BCUT2D eigenvalue weighted by atomic mass is 32.1. The number of ketones is 1. The van der Waals surface area contributed by atoms with Crippen molar-refractivity contribution in [1.29, 1.82) is 0 Å². The van der Waals surface area contributed by atoms with Crippen molar-refractivity contribution in [3.8, 4) is 0 Å². The van der Waals surface area contributed by atoms with Gasteiger partial charge in [-0.2, -0.15) is 0 Å². The minimum absolute atomic E-state index is 0.0621. The van der Waals surface area contributed by atoms with E-state index >= 15 is 0 Å². The fraction of sp³-hybridized carbons (Fsp3) is 0.500. The quantitative estimate of drug-likeness (QED) is 0.625. The van der Waals surface area contributed by atoms with Crippen LogP contribution in [0, 0.1) is 0 Å². The van der Waals surface area contributed by atoms with Crippen molar-refractivity contribution in [2.45, 2.75) is 32.7 Å². The van der Waals surface area contributed by atoms with Gasteiger partial charge in [0, 0.05) is 16.8 Å². The van der Waals surface area contributed by atoms with Crippen molar-refractivity contribution in [2.24, 2.45) is 0 Å². The maximum atomic E-state index is 11.2. The average Bonchev–Trinajstić information content (AvgIpc) is 2.36. The lowest BCUT2D eigenvalue weighted by atomic mass is 10.0. The number of nitrogens with one attached hydrogen (secondary N) is 2. The van der Waals surface area contributed by atoms with E-state index in [2.05, 4.69) is 43.5 Å². The number of hydrogen-bond donors (Lipinski definition) is 2. The lowest BCUT2D eigenvalue weighted by Crippen LogP contribution is -2.46. The van der Waals surface area contributed by atoms with Gasteiger partial charge in [0.25, 0.3) is 0 Å². The van der Waals surface area contributed by atoms with Crippen LogP contribution in [0.25, 0.3) is 0 Å². The second kappa shape index (κ2) is 7.52. The SMILES string of the molecule is CC(=O)c1ccc(NC(=S)NC(C)(C)CCN(C)C)cc1. The van der Waals surface area contributed by atoms with E-state index in [1.807, 2.05) is 12.1 Å². The van der Waals surface area contributed by atoms with Crippen LogP contribution < -0.4 is 10.6 Å². The predicted molar refractivity (Wildman–Crippen MR) is 93.1 cm³/mol. The van der Waals surface area contributed by atoms with Crippen LogP contribution in [0.15, 0.2) is 24.3 Å². The molecule has 0 amide bonds. The molecule has 0 aliphatic rings. The standard InChI is InChI=1S/C16H25N3OS/c1-12(20)13-6-8-14(9-7-13)17-15(21)18-16(2,3)10-11-19(4)5/h6-9H,10-11H2,1-5H3,(H2,17,18,21). The summed E-state index contributed by atoms with van der Waals surface area (Å²) in [4.78, 5) is 13.4. The van der Waals surface area contributed by atoms with Gasteiger partial charge in [0.1, 0.15) is 0 Å². The Morgan fingerprint density at radius 3 is 2.29 bits per heavy atom. The number of thiocarbonyl (C=S) groups is 1. The van der Waals surface area contributed by atoms with Gasteiger partial charge >= 0.3 is 0 Å². The van der Waals surface area contributed by atoms with Gasteiger partial charge in [0.15, 0.2) is 10.9 Å². The summed E-state index contributed by atoms with van der Waals surface area (Å²) in [5.74, 6) is 0.0621. The first-order valence-electron chi connectivity index (χ1n) is 7.04. The molecule has 0 bridgehead atoms. The first-order valence-corrected chi connectivity index (χ1v) is 7.45. The summed E-state index contributed by atoms with van der Waals surface area (Å²) >= 11 is 5.35. The Hall–Kier alpha value is -1.46. The van der Waals surface area contributed by atoms with E-state index in [0.29, 0.717) is 10.7 Å². The van der Waals surface area contributed by atoms with Crippen molar-refractivity contribution < 1.29 is 4.79 Å². The second-order valence-electron chi connectivity index (χ2n) is 6.15. The van der Waals surface area contributed by atoms with Crippen molar-refractivity contribution >= 4 is 28.8 Å². The molecule has 0 saturated heterocycles. The van der Waals surface area contributed by atoms with Gasteiger partial charge in [-0.25, -0.2) is 0 Å². The van der Waals surface area contributed by atoms with Crippen LogP contribution in [0.2, 0.25) is 0 Å². The zero-order chi connectivity index (χ0) is 16.0. The van der Waals surface area contributed by atoms with Crippen LogP contribution in [-0.4, -0.2) is 42.0 Å². The average molecular weight is 307 g/mol. The first-order chi connectivity index (χ1) is 9.69. The van der Waals surface area contributed by atoms with E-state index in [-0.39, 0.29) is 11.3 Å². The largest absolute Gasteiger partial charge is 0.358 e. The zero-order valence-corrected chi connectivity index (χ0v) is 14.3. The number of hydrogen-bond acceptors (Lipinski definition) is 3. The third-order valence-electron chi connectivity index (χ3n) is 3.19. The summed E-state index contributed by atoms with van der Waals surface area (Å²) in [6.45, 7) is 6.81. The van der Waals surface area contributed by atoms with Crippen molar-refractivity contribution in [1.82, 2.24) is 10.2 Å². The molecular weight excluding hydrogens is 282 g/mol. The summed E-state index contributed by atoms with van der Waals surface area (Å²) < 4.78 is 0. The molecule has 0 heterocycles. The lowest BCUT2D eigenvalue weighted by molar-refractivity contribution is 0.101. The fourth-order valence-corrected chi connectivity index (χ4v) is 2.22. The molecule has 0 saturated carbocycles. The molecule has 1 rings (SSSR count). The Kier molecular flexibility index (Phi) is 6.30. The van der Waals surface area contributed by atoms with E-state index in [9.17, 15) is 4.79 Å². The van der Waals surface area contributed by atoms with E-state index in [4.69, 9.17) is 12.2 Å². The van der Waals surface area contributed by atoms with Crippen LogP contribution in [-0.2, 0) is 0 Å². The highest BCUT2D eigenvalue weighted by Gasteiger charge is 2.18. The monoisotopic (exact) mass is 307 g/mol. The van der Waals surface area contributed by atoms with Crippen LogP contribution >= 0.6 is 12.2 Å². The molecule has 0 radical (unpaired) electrons. The Labute approximate surface area is 132 Å². The van der Waals surface area contributed by atoms with E-state index in [0.717, 1.165) is 18.7 Å². The Balaban J connectivity index is 2.54. The van der Waals surface area contributed by atoms with Gasteiger partial charge < -0.3 is 15.5 Å². The Morgan fingerprint density at radius 1 is 1.24 bits per heavy atom. The molecule has 0 aliphatic carbocycles. The number of nitrogens with zero attached hydrogens (tertiary/aromatic N) is 1. The van der Waals surface area contributed by atoms with Crippen LogP contribution in [0.1, 0.15) is 37.6 Å². The smallest absolute Gasteiger partial charge is 0.171 e. The highest BCUT2D eigenvalue weighted by molar-refractivity contribution is 7.80. The first kappa shape index (κ1) is 17.6. The van der Waals surface area contributed by atoms with Crippen molar-refractivity contribution in [3.63, 3.8) is 0 Å². The molecule has 0 fully saturated rings. The van der Waals surface area contributed by atoms with Gasteiger partial charge in [-0.15, -0.1) is 0 Å². The lowest BCUT2D eigenvalue weighted by Gasteiger charge is -2.29. The van der Waals surface area contributed by atoms with Crippen LogP contribution in [0.3, 0.4) is 0 Å². The van der Waals surface area contributed by atoms with Crippen molar-refractivity contribution in [2.75, 3.05) is 26.0 Å². The third kappa shape index (κ3) is 6.69. The van der Waals surface area contributed by atoms with E-state index in [1.54, 1.807) is 19.1 Å². The summed E-state index contributed by atoms with van der Waals surface area (Å²) in [7, 11) is 4.12. The molecule has 0 aliphatic heterocycles. The number of Topliss-reactive ketones (excluding diaryl/α,β-unsaturated/α-hetero) is 1. The van der Waals surface area contributed by atoms with Gasteiger partial charge in [-0.3, -0.25) is 4.79 Å². The maximum absolute atomic E-state index is 11.2. The Morgan fingerprint density at radius 2 is 1.81 bits per heavy atom. The number of carbonyl (C=O) groups excluding carboxylic acids is 1. The summed E-state index contributed by atoms with van der Waals surface area (Å²) in [5.41, 5.74) is 1.50. The molecule has 0 atom stereocenters. The molecule has 2 N–H and O–H groups in total. The number of anilines is 1. The number of rotatable bonds is 6. The molecule has 0 unspecified atom stereocenters. The minimum atomic E-state index is -0.0757. The Bertz CT molecular complexity index is 495. The third-order valence-corrected chi connectivity index (χ3v) is 3.39. The zero-order valence-electron chi connectivity index (χ0n) is 13.5. The van der Waals surface area contributed by atoms with E-state index < -0.39 is 0 Å². The van der Waals surface area contributed by atoms with E-state index in [1.165, 1.54) is 0 Å². The second-order valence-corrected chi connectivity index (χ2v) is 6.56. The fourth-order valence-electron chi connectivity index (χ4n) is 1.82. The normalized spacial score (nSPS) is 11.3. The number of carbonyl (C=O) groups is 1. The number of benzene rings is 1. The van der Waals surface area contributed by atoms with Crippen molar-refractivity contribution in [3.05, 3.63) is 29.8 Å². The molecule has 4 nitrogen and oxygen atoms in total. The maximum Gasteiger partial charge on any atom is 0.171 e. The molecule has 1 aromatic carbocycles. The minimum Gasteiger partial charge on any atom is -0.358 e.